The normalized spacial score (nSPS) is 18.0. The molecule has 1 fully saturated rings. The Kier molecular flexibility index (Phi) is 7.80. The number of aromatic hydroxyl groups is 1. The standard InChI is InChI=1S/C43H47NO/c1-42(2,3)39-27-29(26-31(41(39)45)28-44-32-15-6-5-7-16-32)24-25-43(4,38-23-22-30-14-8-9-17-33(30)38)40-36-20-12-10-18-34(36)35-19-11-13-21-37(35)40/h8-14,17-21,23,26-28,32,40,45H,5-7,15-16,22,24-25H2,1-4H3/b44-28+. The van der Waals surface area contributed by atoms with Gasteiger partial charge in [-0.2, -0.15) is 0 Å². The first-order valence-electron chi connectivity index (χ1n) is 17.1. The van der Waals surface area contributed by atoms with Crippen molar-refractivity contribution in [2.24, 2.45) is 10.4 Å². The summed E-state index contributed by atoms with van der Waals surface area (Å²) in [5.41, 5.74) is 12.8. The second kappa shape index (κ2) is 11.8. The summed E-state index contributed by atoms with van der Waals surface area (Å²) in [6.07, 6.45) is 13.5. The Balaban J connectivity index is 1.31. The van der Waals surface area contributed by atoms with Crippen LogP contribution in [0.4, 0.5) is 0 Å². The minimum absolute atomic E-state index is 0.133. The Bertz CT molecular complexity index is 1730. The van der Waals surface area contributed by atoms with Crippen molar-refractivity contribution in [1.82, 2.24) is 0 Å². The lowest BCUT2D eigenvalue weighted by Crippen LogP contribution is -2.28. The minimum atomic E-state index is -0.174. The third-order valence-electron chi connectivity index (χ3n) is 10.9. The molecule has 0 spiro atoms. The minimum Gasteiger partial charge on any atom is -0.507 e. The predicted octanol–water partition coefficient (Wildman–Crippen LogP) is 10.8. The number of allylic oxidation sites excluding steroid dienone is 2. The van der Waals surface area contributed by atoms with Gasteiger partial charge in [-0.05, 0) is 88.1 Å². The van der Waals surface area contributed by atoms with Crippen molar-refractivity contribution < 1.29 is 5.11 Å². The van der Waals surface area contributed by atoms with Crippen molar-refractivity contribution in [3.05, 3.63) is 130 Å². The number of hydrogen-bond acceptors (Lipinski definition) is 2. The average Bonchev–Trinajstić information content (AvgIpc) is 3.64. The highest BCUT2D eigenvalue weighted by atomic mass is 16.3. The molecule has 0 bridgehead atoms. The van der Waals surface area contributed by atoms with Gasteiger partial charge in [-0.3, -0.25) is 4.99 Å². The third-order valence-corrected chi connectivity index (χ3v) is 10.9. The second-order valence-electron chi connectivity index (χ2n) is 14.9. The topological polar surface area (TPSA) is 32.6 Å². The van der Waals surface area contributed by atoms with Crippen molar-refractivity contribution in [2.45, 2.75) is 96.4 Å². The van der Waals surface area contributed by atoms with Gasteiger partial charge >= 0.3 is 0 Å². The molecule has 1 saturated carbocycles. The molecule has 2 heteroatoms. The first-order chi connectivity index (χ1) is 21.7. The first-order valence-corrected chi connectivity index (χ1v) is 17.1. The molecule has 0 aliphatic heterocycles. The third kappa shape index (κ3) is 5.47. The van der Waals surface area contributed by atoms with E-state index in [9.17, 15) is 5.11 Å². The van der Waals surface area contributed by atoms with E-state index in [1.807, 2.05) is 6.21 Å². The van der Waals surface area contributed by atoms with E-state index in [0.29, 0.717) is 11.8 Å². The molecule has 4 aromatic carbocycles. The lowest BCUT2D eigenvalue weighted by molar-refractivity contribution is 0.364. The van der Waals surface area contributed by atoms with Crippen LogP contribution in [0.2, 0.25) is 0 Å². The molecular formula is C43H47NO. The van der Waals surface area contributed by atoms with Crippen LogP contribution in [0, 0.1) is 5.41 Å². The van der Waals surface area contributed by atoms with E-state index < -0.39 is 0 Å². The maximum absolute atomic E-state index is 11.5. The van der Waals surface area contributed by atoms with Gasteiger partial charge < -0.3 is 5.11 Å². The second-order valence-corrected chi connectivity index (χ2v) is 14.9. The van der Waals surface area contributed by atoms with Crippen LogP contribution in [0.5, 0.6) is 5.75 Å². The fourth-order valence-corrected chi connectivity index (χ4v) is 8.45. The molecule has 230 valence electrons. The van der Waals surface area contributed by atoms with Crippen LogP contribution < -0.4 is 0 Å². The Morgan fingerprint density at radius 2 is 1.40 bits per heavy atom. The lowest BCUT2D eigenvalue weighted by atomic mass is 9.63. The van der Waals surface area contributed by atoms with Gasteiger partial charge in [0.1, 0.15) is 5.75 Å². The summed E-state index contributed by atoms with van der Waals surface area (Å²) < 4.78 is 0. The number of phenols is 1. The number of hydrogen-bond donors (Lipinski definition) is 1. The van der Waals surface area contributed by atoms with Crippen LogP contribution in [0.3, 0.4) is 0 Å². The van der Waals surface area contributed by atoms with Gasteiger partial charge in [-0.25, -0.2) is 0 Å². The van der Waals surface area contributed by atoms with Crippen LogP contribution in [0.15, 0.2) is 96.0 Å². The molecule has 0 amide bonds. The van der Waals surface area contributed by atoms with Crippen LogP contribution >= 0.6 is 0 Å². The summed E-state index contributed by atoms with van der Waals surface area (Å²) in [5, 5.41) is 11.5. The van der Waals surface area contributed by atoms with Gasteiger partial charge in [0.05, 0.1) is 0 Å². The fourth-order valence-electron chi connectivity index (χ4n) is 8.45. The van der Waals surface area contributed by atoms with Crippen LogP contribution in [0.25, 0.3) is 16.7 Å². The summed E-state index contributed by atoms with van der Waals surface area (Å²) in [4.78, 5) is 4.99. The van der Waals surface area contributed by atoms with Crippen molar-refractivity contribution >= 4 is 11.8 Å². The molecule has 0 saturated heterocycles. The largest absolute Gasteiger partial charge is 0.507 e. The number of benzene rings is 4. The van der Waals surface area contributed by atoms with E-state index in [1.165, 1.54) is 63.8 Å². The SMILES string of the molecule is CC(C)(C)c1cc(CCC(C)(C2=CCc3ccccc32)C2c3ccccc3-c3ccccc32)cc(/C=N/C2CCCCC2)c1O. The Labute approximate surface area is 270 Å². The molecular weight excluding hydrogens is 546 g/mol. The summed E-state index contributed by atoms with van der Waals surface area (Å²) in [6.45, 7) is 9.11. The van der Waals surface area contributed by atoms with Gasteiger partial charge in [-0.15, -0.1) is 0 Å². The summed E-state index contributed by atoms with van der Waals surface area (Å²) in [6, 6.07) is 32.0. The first kappa shape index (κ1) is 29.8. The molecule has 2 nitrogen and oxygen atoms in total. The quantitative estimate of drug-likeness (QED) is 0.212. The average molecular weight is 594 g/mol. The van der Waals surface area contributed by atoms with Crippen molar-refractivity contribution in [3.8, 4) is 16.9 Å². The number of aliphatic imine (C=N–C) groups is 1. The zero-order valence-corrected chi connectivity index (χ0v) is 27.4. The maximum atomic E-state index is 11.5. The maximum Gasteiger partial charge on any atom is 0.128 e. The fraction of sp³-hybridized carbons (Fsp3) is 0.372. The summed E-state index contributed by atoms with van der Waals surface area (Å²) in [7, 11) is 0. The molecule has 3 aliphatic rings. The molecule has 7 rings (SSSR count). The zero-order chi connectivity index (χ0) is 31.2. The van der Waals surface area contributed by atoms with Gasteiger partial charge in [0.25, 0.3) is 0 Å². The molecule has 0 heterocycles. The molecule has 0 radical (unpaired) electrons. The van der Waals surface area contributed by atoms with Gasteiger partial charge in [0.15, 0.2) is 0 Å². The highest BCUT2D eigenvalue weighted by molar-refractivity contribution is 5.86. The Morgan fingerprint density at radius 1 is 0.778 bits per heavy atom. The van der Waals surface area contributed by atoms with E-state index in [1.54, 1.807) is 0 Å². The lowest BCUT2D eigenvalue weighted by Gasteiger charge is -2.39. The van der Waals surface area contributed by atoms with Crippen LogP contribution in [0.1, 0.15) is 111 Å². The van der Waals surface area contributed by atoms with Gasteiger partial charge in [0, 0.05) is 34.7 Å². The zero-order valence-electron chi connectivity index (χ0n) is 27.4. The molecule has 3 aliphatic carbocycles. The highest BCUT2D eigenvalue weighted by Gasteiger charge is 2.45. The van der Waals surface area contributed by atoms with Gasteiger partial charge in [0.2, 0.25) is 0 Å². The molecule has 1 N–H and O–H groups in total. The van der Waals surface area contributed by atoms with E-state index in [-0.39, 0.29) is 16.7 Å². The smallest absolute Gasteiger partial charge is 0.128 e. The van der Waals surface area contributed by atoms with E-state index >= 15 is 0 Å². The Morgan fingerprint density at radius 3 is 2.07 bits per heavy atom. The number of rotatable bonds is 7. The highest BCUT2D eigenvalue weighted by Crippen LogP contribution is 2.60. The molecule has 0 aromatic heterocycles. The molecule has 45 heavy (non-hydrogen) atoms. The Hall–Kier alpha value is -3.91. The van der Waals surface area contributed by atoms with E-state index in [0.717, 1.165) is 43.2 Å². The van der Waals surface area contributed by atoms with E-state index in [2.05, 4.69) is 119 Å². The number of fused-ring (bicyclic) bond motifs is 4. The molecule has 1 unspecified atom stereocenters. The predicted molar refractivity (Wildman–Crippen MR) is 190 cm³/mol. The number of aryl methyl sites for hydroxylation is 1. The summed E-state index contributed by atoms with van der Waals surface area (Å²) in [5.74, 6) is 0.647. The van der Waals surface area contributed by atoms with E-state index in [4.69, 9.17) is 4.99 Å². The summed E-state index contributed by atoms with van der Waals surface area (Å²) >= 11 is 0. The monoisotopic (exact) mass is 593 g/mol. The van der Waals surface area contributed by atoms with Crippen LogP contribution in [-0.4, -0.2) is 17.4 Å². The molecule has 1 atom stereocenters. The van der Waals surface area contributed by atoms with Crippen LogP contribution in [-0.2, 0) is 18.3 Å². The van der Waals surface area contributed by atoms with Crippen molar-refractivity contribution in [3.63, 3.8) is 0 Å². The molecule has 4 aromatic rings. The van der Waals surface area contributed by atoms with Gasteiger partial charge in [-0.1, -0.05) is 132 Å². The van der Waals surface area contributed by atoms with Crippen molar-refractivity contribution in [2.75, 3.05) is 0 Å². The number of phenolic OH excluding ortho intramolecular Hbond substituents is 1. The van der Waals surface area contributed by atoms with Crippen molar-refractivity contribution in [1.29, 1.82) is 0 Å². The number of nitrogens with zero attached hydrogens (tertiary/aromatic N) is 1.